The third-order valence-corrected chi connectivity index (χ3v) is 7.56. The summed E-state index contributed by atoms with van der Waals surface area (Å²) < 4.78 is 5.13. The van der Waals surface area contributed by atoms with Crippen LogP contribution in [0.2, 0.25) is 0 Å². The van der Waals surface area contributed by atoms with Crippen LogP contribution in [0, 0.1) is 5.92 Å². The molecule has 2 aromatic carbocycles. The predicted molar refractivity (Wildman–Crippen MR) is 203 cm³/mol. The highest BCUT2D eigenvalue weighted by molar-refractivity contribution is 6.12. The lowest BCUT2D eigenvalue weighted by Crippen LogP contribution is -2.18. The number of nitrogens with one attached hydrogen (secondary N) is 3. The number of carbonyl (C=O) groups is 2. The fourth-order valence-electron chi connectivity index (χ4n) is 4.35. The predicted octanol–water partition coefficient (Wildman–Crippen LogP) is 8.38. The Balaban J connectivity index is 0.00000103. The lowest BCUT2D eigenvalue weighted by Gasteiger charge is -2.10. The molecule has 0 atom stereocenters. The number of allylic oxidation sites excluding steroid dienone is 2. The van der Waals surface area contributed by atoms with Gasteiger partial charge < -0.3 is 25.6 Å². The molecule has 2 aromatic rings. The molecule has 0 fully saturated rings. The molecule has 8 heteroatoms. The minimum Gasteiger partial charge on any atom is -0.381 e. The van der Waals surface area contributed by atoms with Crippen molar-refractivity contribution in [2.75, 3.05) is 44.5 Å². The van der Waals surface area contributed by atoms with Crippen LogP contribution in [0.15, 0.2) is 94.7 Å². The van der Waals surface area contributed by atoms with E-state index < -0.39 is 0 Å². The summed E-state index contributed by atoms with van der Waals surface area (Å²) in [5.74, 6) is 0.984. The zero-order valence-electron chi connectivity index (χ0n) is 30.6. The summed E-state index contributed by atoms with van der Waals surface area (Å²) in [6, 6.07) is 15.1. The van der Waals surface area contributed by atoms with Crippen molar-refractivity contribution >= 4 is 34.7 Å². The van der Waals surface area contributed by atoms with E-state index in [0.29, 0.717) is 18.2 Å². The van der Waals surface area contributed by atoms with Crippen LogP contribution in [0.3, 0.4) is 0 Å². The number of amidine groups is 1. The van der Waals surface area contributed by atoms with E-state index in [1.54, 1.807) is 12.1 Å². The van der Waals surface area contributed by atoms with Crippen molar-refractivity contribution in [2.45, 2.75) is 74.1 Å². The third-order valence-electron chi connectivity index (χ3n) is 7.56. The van der Waals surface area contributed by atoms with Crippen molar-refractivity contribution in [3.8, 4) is 0 Å². The number of carbonyl (C=O) groups excluding carboxylic acids is 2. The Hall–Kier alpha value is -4.27. The molecule has 1 heterocycles. The molecule has 0 bridgehead atoms. The zero-order valence-corrected chi connectivity index (χ0v) is 30.6. The fraction of sp³-hybridized carbons (Fsp3) is 0.425. The minimum absolute atomic E-state index is 0.107. The van der Waals surface area contributed by atoms with Crippen LogP contribution in [-0.4, -0.2) is 56.4 Å². The third kappa shape index (κ3) is 14.7. The summed E-state index contributed by atoms with van der Waals surface area (Å²) in [6.07, 6.45) is 10.9. The van der Waals surface area contributed by atoms with Crippen molar-refractivity contribution in [1.29, 1.82) is 0 Å². The molecule has 0 saturated heterocycles. The molecule has 8 nitrogen and oxygen atoms in total. The number of anilines is 2. The van der Waals surface area contributed by atoms with Gasteiger partial charge in [-0.05, 0) is 94.6 Å². The van der Waals surface area contributed by atoms with E-state index in [-0.39, 0.29) is 18.2 Å². The number of hydrogen-bond acceptors (Lipinski definition) is 5. The van der Waals surface area contributed by atoms with Gasteiger partial charge in [-0.2, -0.15) is 0 Å². The first-order chi connectivity index (χ1) is 23.0. The molecule has 0 aliphatic carbocycles. The number of amides is 2. The van der Waals surface area contributed by atoms with Crippen LogP contribution in [0.25, 0.3) is 5.70 Å². The molecule has 0 aromatic heterocycles. The molecule has 1 aliphatic heterocycles. The summed E-state index contributed by atoms with van der Waals surface area (Å²) in [5, 5.41) is 9.29. The number of hydrogen-bond donors (Lipinski definition) is 3. The van der Waals surface area contributed by atoms with Gasteiger partial charge in [0.15, 0.2) is 0 Å². The van der Waals surface area contributed by atoms with Crippen LogP contribution < -0.4 is 16.0 Å². The van der Waals surface area contributed by atoms with Gasteiger partial charge in [0.05, 0.1) is 6.42 Å². The van der Waals surface area contributed by atoms with E-state index in [4.69, 9.17) is 9.73 Å². The molecular formula is C40H57N5O3. The number of likely N-dealkylation sites (N-methyl/N-ethyl adjacent to an activating group) is 1. The quantitative estimate of drug-likeness (QED) is 0.132. The van der Waals surface area contributed by atoms with Gasteiger partial charge in [0, 0.05) is 54.7 Å². The highest BCUT2D eigenvalue weighted by Gasteiger charge is 2.20. The van der Waals surface area contributed by atoms with Gasteiger partial charge in [0.25, 0.3) is 0 Å². The molecular weight excluding hydrogens is 598 g/mol. The van der Waals surface area contributed by atoms with E-state index in [9.17, 15) is 9.59 Å². The average molecular weight is 656 g/mol. The molecule has 0 spiro atoms. The maximum absolute atomic E-state index is 12.7. The van der Waals surface area contributed by atoms with Gasteiger partial charge in [-0.1, -0.05) is 76.1 Å². The van der Waals surface area contributed by atoms with Gasteiger partial charge in [-0.15, -0.1) is 0 Å². The largest absolute Gasteiger partial charge is 0.381 e. The fourth-order valence-corrected chi connectivity index (χ4v) is 4.35. The topological polar surface area (TPSA) is 95.1 Å². The standard InChI is InChI=1S/C34H43N5O2.C6H14O/c1-8-24(4)22-35-34-30(25(5)23(2)3)21-31(38-34)27-13-17-29(18-14-27)37-33(41)20-26-11-15-28(16-12-26)36-32(40)10-9-19-39(6)7;1-3-5-7-6-4-2/h9-18,21-23H,8,19-20H2,1-7H3,(H,35,38)(H,36,40)(H,37,41);3-6H2,1-2H3/b10-9+,24-22+,30-25+;. The minimum atomic E-state index is -0.182. The molecule has 1 aliphatic rings. The second kappa shape index (κ2) is 21.6. The van der Waals surface area contributed by atoms with Gasteiger partial charge in [0.1, 0.15) is 5.84 Å². The Morgan fingerprint density at radius 3 is 2.08 bits per heavy atom. The zero-order chi connectivity index (χ0) is 35.5. The SMILES string of the molecule is CC/C(C)=C/N=C1\NC(c2ccc(NC(=O)Cc3ccc(NC(=O)/C=C/CN(C)C)cc3)cc2)=C\C1=C(\C)C(C)C.CCCOCCC. The molecule has 48 heavy (non-hydrogen) atoms. The average Bonchev–Trinajstić information content (AvgIpc) is 3.49. The second-order valence-electron chi connectivity index (χ2n) is 12.5. The highest BCUT2D eigenvalue weighted by atomic mass is 16.5. The van der Waals surface area contributed by atoms with Crippen molar-refractivity contribution < 1.29 is 14.3 Å². The molecule has 3 rings (SSSR count). The highest BCUT2D eigenvalue weighted by Crippen LogP contribution is 2.27. The first kappa shape index (κ1) is 39.9. The van der Waals surface area contributed by atoms with Crippen LogP contribution in [0.4, 0.5) is 11.4 Å². The normalized spacial score (nSPS) is 14.9. The van der Waals surface area contributed by atoms with Crippen LogP contribution in [0.1, 0.15) is 78.9 Å². The Labute approximate surface area is 289 Å². The second-order valence-corrected chi connectivity index (χ2v) is 12.5. The summed E-state index contributed by atoms with van der Waals surface area (Å²) in [5.41, 5.74) is 7.91. The Kier molecular flexibility index (Phi) is 17.9. The first-order valence-electron chi connectivity index (χ1n) is 17.1. The van der Waals surface area contributed by atoms with Crippen LogP contribution >= 0.6 is 0 Å². The maximum Gasteiger partial charge on any atom is 0.248 e. The van der Waals surface area contributed by atoms with Gasteiger partial charge in [-0.25, -0.2) is 4.99 Å². The van der Waals surface area contributed by atoms with Crippen LogP contribution in [-0.2, 0) is 20.7 Å². The van der Waals surface area contributed by atoms with Gasteiger partial charge >= 0.3 is 0 Å². The maximum atomic E-state index is 12.7. The Morgan fingerprint density at radius 1 is 0.917 bits per heavy atom. The number of benzene rings is 2. The van der Waals surface area contributed by atoms with E-state index in [1.165, 1.54) is 17.2 Å². The van der Waals surface area contributed by atoms with Gasteiger partial charge in [-0.3, -0.25) is 9.59 Å². The van der Waals surface area contributed by atoms with Gasteiger partial charge in [0.2, 0.25) is 11.8 Å². The molecule has 2 amide bonds. The van der Waals surface area contributed by atoms with Crippen molar-refractivity contribution in [3.63, 3.8) is 0 Å². The summed E-state index contributed by atoms with van der Waals surface area (Å²) in [6.45, 7) is 17.5. The summed E-state index contributed by atoms with van der Waals surface area (Å²) >= 11 is 0. The van der Waals surface area contributed by atoms with Crippen molar-refractivity contribution in [2.24, 2.45) is 10.9 Å². The lowest BCUT2D eigenvalue weighted by atomic mass is 9.98. The number of aliphatic imine (C=N–C) groups is 1. The molecule has 0 radical (unpaired) electrons. The number of rotatable bonds is 15. The molecule has 3 N–H and O–H groups in total. The molecule has 0 unspecified atom stereocenters. The van der Waals surface area contributed by atoms with E-state index in [0.717, 1.165) is 66.4 Å². The van der Waals surface area contributed by atoms with Crippen molar-refractivity contribution in [1.82, 2.24) is 10.2 Å². The molecule has 0 saturated carbocycles. The smallest absolute Gasteiger partial charge is 0.248 e. The Bertz CT molecular complexity index is 1460. The van der Waals surface area contributed by atoms with Crippen molar-refractivity contribution in [3.05, 3.63) is 101 Å². The first-order valence-corrected chi connectivity index (χ1v) is 17.1. The van der Waals surface area contributed by atoms with E-state index in [1.807, 2.05) is 67.7 Å². The monoisotopic (exact) mass is 655 g/mol. The molecule has 260 valence electrons. The summed E-state index contributed by atoms with van der Waals surface area (Å²) in [7, 11) is 3.89. The number of ether oxygens (including phenoxy) is 1. The van der Waals surface area contributed by atoms with Crippen LogP contribution in [0.5, 0.6) is 0 Å². The summed E-state index contributed by atoms with van der Waals surface area (Å²) in [4.78, 5) is 31.4. The number of nitrogens with zero attached hydrogens (tertiary/aromatic N) is 2. The lowest BCUT2D eigenvalue weighted by molar-refractivity contribution is -0.115. The Morgan fingerprint density at radius 2 is 1.52 bits per heavy atom. The van der Waals surface area contributed by atoms with E-state index in [2.05, 4.69) is 70.5 Å². The van der Waals surface area contributed by atoms with E-state index >= 15 is 0 Å².